The van der Waals surface area contributed by atoms with E-state index < -0.39 is 0 Å². The minimum absolute atomic E-state index is 0.0120. The average Bonchev–Trinajstić information content (AvgIpc) is 3.19. The highest BCUT2D eigenvalue weighted by atomic mass is 15.2. The number of anilines is 5. The van der Waals surface area contributed by atoms with Crippen molar-refractivity contribution < 1.29 is 0 Å². The molecule has 0 aliphatic carbocycles. The summed E-state index contributed by atoms with van der Waals surface area (Å²) in [6, 6.07) is 47.7. The van der Waals surface area contributed by atoms with Crippen molar-refractivity contribution in [3.63, 3.8) is 0 Å². The molecule has 0 amide bonds. The summed E-state index contributed by atoms with van der Waals surface area (Å²) in [7, 11) is 0. The molecule has 55 heavy (non-hydrogen) atoms. The summed E-state index contributed by atoms with van der Waals surface area (Å²) < 4.78 is 0. The molecule has 0 fully saturated rings. The lowest BCUT2D eigenvalue weighted by molar-refractivity contribution is 0.590. The van der Waals surface area contributed by atoms with Crippen LogP contribution in [0, 0.1) is 22.7 Å². The van der Waals surface area contributed by atoms with Crippen LogP contribution in [-0.4, -0.2) is 0 Å². The lowest BCUT2D eigenvalue weighted by Crippen LogP contribution is -2.17. The lowest BCUT2D eigenvalue weighted by Gasteiger charge is -2.30. The Balaban J connectivity index is 1.49. The fourth-order valence-corrected chi connectivity index (χ4v) is 7.40. The van der Waals surface area contributed by atoms with Gasteiger partial charge in [-0.05, 0) is 129 Å². The van der Waals surface area contributed by atoms with Gasteiger partial charge in [0.2, 0.25) is 0 Å². The molecule has 270 valence electrons. The molecule has 0 N–H and O–H groups in total. The van der Waals surface area contributed by atoms with E-state index in [1.807, 2.05) is 49.4 Å². The Morgan fingerprint density at radius 3 is 1.49 bits per heavy atom. The summed E-state index contributed by atoms with van der Waals surface area (Å²) in [5, 5.41) is 26.1. The molecule has 0 aromatic heterocycles. The van der Waals surface area contributed by atoms with Crippen LogP contribution in [0.3, 0.4) is 0 Å². The molecule has 4 heteroatoms. The summed E-state index contributed by atoms with van der Waals surface area (Å²) in [4.78, 5) is 4.54. The van der Waals surface area contributed by atoms with Crippen LogP contribution in [0.1, 0.15) is 65.2 Å². The molecular formula is C51H46N4. The van der Waals surface area contributed by atoms with Crippen molar-refractivity contribution in [2.24, 2.45) is 0 Å². The second-order valence-corrected chi connectivity index (χ2v) is 16.3. The van der Waals surface area contributed by atoms with Gasteiger partial charge in [0.1, 0.15) is 0 Å². The quantitative estimate of drug-likeness (QED) is 0.0893. The van der Waals surface area contributed by atoms with E-state index in [1.165, 1.54) is 21.9 Å². The van der Waals surface area contributed by atoms with Crippen molar-refractivity contribution in [1.29, 1.82) is 10.5 Å². The summed E-state index contributed by atoms with van der Waals surface area (Å²) in [6.07, 6.45) is 5.68. The SMILES string of the molecule is C=C/C(=C\C=C(/C)C#N)N(c1ccc(C(C)(C)C)cc1)c1ccc2ccc3c(N(c4ccc(C#N)cc4)c4ccc(C(C)(C)C)cc4)ccc4ccc1c2c43. The average molecular weight is 715 g/mol. The van der Waals surface area contributed by atoms with Crippen LogP contribution in [-0.2, 0) is 10.8 Å². The molecule has 7 aromatic carbocycles. The first kappa shape index (κ1) is 36.7. The Labute approximate surface area is 325 Å². The normalized spacial score (nSPS) is 12.5. The smallest absolute Gasteiger partial charge is 0.0991 e. The van der Waals surface area contributed by atoms with Crippen molar-refractivity contribution >= 4 is 60.8 Å². The number of benzene rings is 7. The fourth-order valence-electron chi connectivity index (χ4n) is 7.40. The standard InChI is InChI=1S/C51H46N4/c1-9-40(21-10-34(2)32-52)54(42-24-17-38(18-25-42)50(3,4)5)46-30-15-36-14-29-45-47(31-16-37-13-28-44(46)48(36)49(37)45)55(41-22-11-35(33-53)12-23-41)43-26-19-39(20-27-43)51(6,7)8/h9-31H,1H2,2-8H3/b34-10+,40-21+. The Hall–Kier alpha value is -6.62. The molecular weight excluding hydrogens is 669 g/mol. The predicted octanol–water partition coefficient (Wildman–Crippen LogP) is 14.2. The van der Waals surface area contributed by atoms with Crippen LogP contribution < -0.4 is 9.80 Å². The highest BCUT2D eigenvalue weighted by Gasteiger charge is 2.23. The van der Waals surface area contributed by atoms with Crippen LogP contribution in [0.5, 0.6) is 0 Å². The van der Waals surface area contributed by atoms with Gasteiger partial charge in [-0.2, -0.15) is 10.5 Å². The Bertz CT molecular complexity index is 2680. The van der Waals surface area contributed by atoms with E-state index in [2.05, 4.69) is 167 Å². The highest BCUT2D eigenvalue weighted by molar-refractivity contribution is 6.28. The minimum atomic E-state index is 0.0120. The maximum atomic E-state index is 9.61. The predicted molar refractivity (Wildman–Crippen MR) is 233 cm³/mol. The van der Waals surface area contributed by atoms with Crippen LogP contribution in [0.15, 0.2) is 157 Å². The number of hydrogen-bond donors (Lipinski definition) is 0. The summed E-state index contributed by atoms with van der Waals surface area (Å²) >= 11 is 0. The van der Waals surface area contributed by atoms with Gasteiger partial charge in [-0.15, -0.1) is 0 Å². The molecule has 0 aliphatic rings. The van der Waals surface area contributed by atoms with Gasteiger partial charge in [-0.1, -0.05) is 109 Å². The molecule has 0 atom stereocenters. The van der Waals surface area contributed by atoms with Crippen molar-refractivity contribution in [3.8, 4) is 12.1 Å². The van der Waals surface area contributed by atoms with Crippen LogP contribution in [0.2, 0.25) is 0 Å². The second-order valence-electron chi connectivity index (χ2n) is 16.3. The van der Waals surface area contributed by atoms with E-state index in [1.54, 1.807) is 0 Å². The topological polar surface area (TPSA) is 54.1 Å². The highest BCUT2D eigenvalue weighted by Crippen LogP contribution is 2.47. The number of nitriles is 2. The van der Waals surface area contributed by atoms with Gasteiger partial charge in [0.25, 0.3) is 0 Å². The van der Waals surface area contributed by atoms with Crippen LogP contribution >= 0.6 is 0 Å². The van der Waals surface area contributed by atoms with Gasteiger partial charge in [0.05, 0.1) is 29.1 Å². The molecule has 0 unspecified atom stereocenters. The lowest BCUT2D eigenvalue weighted by atomic mass is 9.87. The van der Waals surface area contributed by atoms with Crippen molar-refractivity contribution in [3.05, 3.63) is 174 Å². The Morgan fingerprint density at radius 2 is 1.02 bits per heavy atom. The molecule has 0 aliphatic heterocycles. The zero-order chi connectivity index (χ0) is 39.1. The number of nitrogens with zero attached hydrogens (tertiary/aromatic N) is 4. The largest absolute Gasteiger partial charge is 0.310 e. The maximum Gasteiger partial charge on any atom is 0.0991 e. The third kappa shape index (κ3) is 6.96. The monoisotopic (exact) mass is 714 g/mol. The molecule has 0 saturated carbocycles. The zero-order valence-corrected chi connectivity index (χ0v) is 32.8. The van der Waals surface area contributed by atoms with Crippen LogP contribution in [0.25, 0.3) is 32.3 Å². The Morgan fingerprint density at radius 1 is 0.564 bits per heavy atom. The first-order valence-corrected chi connectivity index (χ1v) is 18.8. The van der Waals surface area contributed by atoms with Gasteiger partial charge >= 0.3 is 0 Å². The van der Waals surface area contributed by atoms with E-state index in [0.717, 1.165) is 55.7 Å². The number of rotatable bonds is 8. The summed E-state index contributed by atoms with van der Waals surface area (Å²) in [5.74, 6) is 0. The fraction of sp³-hybridized carbons (Fsp3) is 0.176. The second kappa shape index (κ2) is 14.3. The molecule has 0 spiro atoms. The first-order valence-electron chi connectivity index (χ1n) is 18.8. The van der Waals surface area contributed by atoms with E-state index in [9.17, 15) is 10.5 Å². The van der Waals surface area contributed by atoms with Gasteiger partial charge in [0.15, 0.2) is 0 Å². The van der Waals surface area contributed by atoms with E-state index in [-0.39, 0.29) is 10.8 Å². The zero-order valence-electron chi connectivity index (χ0n) is 32.8. The third-order valence-electron chi connectivity index (χ3n) is 10.5. The molecule has 7 aromatic rings. The first-order chi connectivity index (χ1) is 26.3. The van der Waals surface area contributed by atoms with Gasteiger partial charge < -0.3 is 9.80 Å². The van der Waals surface area contributed by atoms with Crippen molar-refractivity contribution in [2.75, 3.05) is 9.80 Å². The molecule has 0 bridgehead atoms. The van der Waals surface area contributed by atoms with Crippen molar-refractivity contribution in [1.82, 2.24) is 0 Å². The van der Waals surface area contributed by atoms with E-state index >= 15 is 0 Å². The summed E-state index contributed by atoms with van der Waals surface area (Å²) in [5.41, 5.74) is 9.75. The van der Waals surface area contributed by atoms with Gasteiger partial charge in [-0.25, -0.2) is 0 Å². The van der Waals surface area contributed by atoms with Gasteiger partial charge in [-0.3, -0.25) is 0 Å². The maximum absolute atomic E-state index is 9.61. The Kier molecular flexibility index (Phi) is 9.56. The molecule has 0 heterocycles. The molecule has 4 nitrogen and oxygen atoms in total. The minimum Gasteiger partial charge on any atom is -0.310 e. The third-order valence-corrected chi connectivity index (χ3v) is 10.5. The molecule has 0 saturated heterocycles. The van der Waals surface area contributed by atoms with E-state index in [0.29, 0.717) is 11.1 Å². The van der Waals surface area contributed by atoms with E-state index in [4.69, 9.17) is 0 Å². The van der Waals surface area contributed by atoms with Crippen LogP contribution in [0.4, 0.5) is 28.4 Å². The van der Waals surface area contributed by atoms with Crippen molar-refractivity contribution in [2.45, 2.75) is 59.3 Å². The number of allylic oxidation sites excluding steroid dienone is 4. The summed E-state index contributed by atoms with van der Waals surface area (Å²) in [6.45, 7) is 19.4. The number of hydrogen-bond acceptors (Lipinski definition) is 4. The molecule has 7 rings (SSSR count). The van der Waals surface area contributed by atoms with Gasteiger partial charge in [0, 0.05) is 39.1 Å². The molecule has 0 radical (unpaired) electrons.